The zero-order valence-corrected chi connectivity index (χ0v) is 17.0. The second kappa shape index (κ2) is 8.67. The van der Waals surface area contributed by atoms with Crippen molar-refractivity contribution in [3.05, 3.63) is 47.7 Å². The topological polar surface area (TPSA) is 65.4 Å². The Balaban J connectivity index is 1.85. The molecule has 30 heavy (non-hydrogen) atoms. The van der Waals surface area contributed by atoms with Crippen LogP contribution >= 0.6 is 0 Å². The molecule has 0 aromatic heterocycles. The van der Waals surface area contributed by atoms with Crippen molar-refractivity contribution in [2.24, 2.45) is 10.9 Å². The summed E-state index contributed by atoms with van der Waals surface area (Å²) in [6.07, 6.45) is -4.33. The first-order chi connectivity index (χ1) is 14.1. The minimum Gasteiger partial charge on any atom is -0.484 e. The normalized spacial score (nSPS) is 23.2. The number of rotatable bonds is 3. The molecule has 1 aromatic rings. The summed E-state index contributed by atoms with van der Waals surface area (Å²) in [5, 5.41) is 9.51. The molecule has 0 radical (unpaired) electrons. The highest BCUT2D eigenvalue weighted by Crippen LogP contribution is 2.35. The van der Waals surface area contributed by atoms with E-state index in [0.717, 1.165) is 17.7 Å². The Morgan fingerprint density at radius 3 is 2.27 bits per heavy atom. The molecule has 2 heterocycles. The molecule has 2 aliphatic heterocycles. The van der Waals surface area contributed by atoms with Crippen molar-refractivity contribution in [1.29, 1.82) is 0 Å². The number of hydrogen-bond donors (Lipinski definition) is 1. The minimum atomic E-state index is -4.40. The number of halogens is 3. The molecular formula is C21H26F3N3O3. The summed E-state index contributed by atoms with van der Waals surface area (Å²) >= 11 is 0. The van der Waals surface area contributed by atoms with Crippen molar-refractivity contribution in [1.82, 2.24) is 9.80 Å². The Kier molecular flexibility index (Phi) is 6.40. The zero-order chi connectivity index (χ0) is 22.1. The molecule has 2 unspecified atom stereocenters. The Morgan fingerprint density at radius 1 is 1.17 bits per heavy atom. The fourth-order valence-electron chi connectivity index (χ4n) is 3.92. The van der Waals surface area contributed by atoms with Crippen LogP contribution in [-0.2, 0) is 10.9 Å². The lowest BCUT2D eigenvalue weighted by Gasteiger charge is -2.44. The van der Waals surface area contributed by atoms with E-state index in [0.29, 0.717) is 31.1 Å². The van der Waals surface area contributed by atoms with E-state index in [2.05, 4.69) is 11.6 Å². The van der Waals surface area contributed by atoms with Crippen LogP contribution in [0.1, 0.15) is 30.4 Å². The number of benzene rings is 1. The van der Waals surface area contributed by atoms with Gasteiger partial charge in [0.1, 0.15) is 0 Å². The molecule has 2 saturated heterocycles. The maximum absolute atomic E-state index is 12.9. The largest absolute Gasteiger partial charge is 0.484 e. The van der Waals surface area contributed by atoms with Crippen molar-refractivity contribution in [3.63, 3.8) is 0 Å². The predicted octanol–water partition coefficient (Wildman–Crippen LogP) is 3.49. The van der Waals surface area contributed by atoms with E-state index in [1.165, 1.54) is 19.2 Å². The summed E-state index contributed by atoms with van der Waals surface area (Å²) in [4.78, 5) is 20.4. The van der Waals surface area contributed by atoms with Crippen molar-refractivity contribution < 1.29 is 27.8 Å². The number of hydrogen-bond acceptors (Lipinski definition) is 4. The number of aliphatic hydroxyl groups is 1. The molecule has 9 heteroatoms. The van der Waals surface area contributed by atoms with Gasteiger partial charge in [0.15, 0.2) is 5.90 Å². The number of aliphatic imine (C=N–C) groups is 1. The molecule has 2 fully saturated rings. The summed E-state index contributed by atoms with van der Waals surface area (Å²) < 4.78 is 44.2. The maximum atomic E-state index is 12.9. The Bertz CT molecular complexity index is 817. The molecule has 0 saturated carbocycles. The average Bonchev–Trinajstić information content (AvgIpc) is 2.68. The fourth-order valence-corrected chi connectivity index (χ4v) is 3.92. The van der Waals surface area contributed by atoms with E-state index < -0.39 is 17.8 Å². The monoisotopic (exact) mass is 425 g/mol. The van der Waals surface area contributed by atoms with Gasteiger partial charge in [-0.05, 0) is 31.0 Å². The number of carbonyl (C=O) groups is 1. The van der Waals surface area contributed by atoms with Gasteiger partial charge in [-0.25, -0.2) is 9.79 Å². The fraction of sp³-hybridized carbons (Fsp3) is 0.524. The van der Waals surface area contributed by atoms with Gasteiger partial charge in [-0.3, -0.25) is 0 Å². The Hall–Kier alpha value is -2.55. The third kappa shape index (κ3) is 4.95. The summed E-state index contributed by atoms with van der Waals surface area (Å²) in [5.74, 6) is 0.0510. The van der Waals surface area contributed by atoms with Crippen LogP contribution in [0, 0.1) is 5.92 Å². The van der Waals surface area contributed by atoms with Crippen LogP contribution in [0.15, 0.2) is 41.5 Å². The maximum Gasteiger partial charge on any atom is 0.416 e. The van der Waals surface area contributed by atoms with Gasteiger partial charge in [0, 0.05) is 24.7 Å². The van der Waals surface area contributed by atoms with Gasteiger partial charge in [-0.1, -0.05) is 18.7 Å². The van der Waals surface area contributed by atoms with E-state index in [1.54, 1.807) is 16.7 Å². The van der Waals surface area contributed by atoms with Gasteiger partial charge < -0.3 is 19.6 Å². The molecule has 6 nitrogen and oxygen atoms in total. The summed E-state index contributed by atoms with van der Waals surface area (Å²) in [6.45, 7) is 6.82. The molecular weight excluding hydrogens is 399 g/mol. The number of urea groups is 1. The van der Waals surface area contributed by atoms with Gasteiger partial charge >= 0.3 is 12.2 Å². The number of β-amino-alcohol motifs (C(OH)–C–C–N with tert-alkyl or cyclic N) is 1. The SMILES string of the molecule is C=C(C)N=C(OC)C1CC(c2ccc(C(F)(F)F)cc2)CN(C(=O)N2CC(O)C2)C1. The molecule has 2 amide bonds. The van der Waals surface area contributed by atoms with Gasteiger partial charge in [-0.15, -0.1) is 0 Å². The standard InChI is InChI=1S/C21H26F3N3O3/c1-13(2)25-19(30-3)16-8-15(14-4-6-17(7-5-14)21(22,23)24)9-26(10-16)20(29)27-11-18(28)12-27/h4-7,15-16,18,28H,1,8-12H2,2-3H3. The highest BCUT2D eigenvalue weighted by Gasteiger charge is 2.39. The Labute approximate surface area is 173 Å². The molecule has 0 aliphatic carbocycles. The van der Waals surface area contributed by atoms with Crippen LogP contribution in [0.25, 0.3) is 0 Å². The van der Waals surface area contributed by atoms with Crippen molar-refractivity contribution >= 4 is 11.9 Å². The summed E-state index contributed by atoms with van der Waals surface area (Å²) in [5.41, 5.74) is 0.578. The van der Waals surface area contributed by atoms with Crippen molar-refractivity contribution in [2.45, 2.75) is 31.5 Å². The second-order valence-corrected chi connectivity index (χ2v) is 7.89. The van der Waals surface area contributed by atoms with Gasteiger partial charge in [0.25, 0.3) is 0 Å². The number of ether oxygens (including phenoxy) is 1. The van der Waals surface area contributed by atoms with E-state index >= 15 is 0 Å². The van der Waals surface area contributed by atoms with Gasteiger partial charge in [0.05, 0.1) is 37.8 Å². The molecule has 164 valence electrons. The number of alkyl halides is 3. The molecule has 0 bridgehead atoms. The lowest BCUT2D eigenvalue weighted by Crippen LogP contribution is -2.59. The number of likely N-dealkylation sites (tertiary alicyclic amines) is 2. The number of carbonyl (C=O) groups excluding carboxylic acids is 1. The molecule has 1 aromatic carbocycles. The Morgan fingerprint density at radius 2 is 1.77 bits per heavy atom. The van der Waals surface area contributed by atoms with E-state index in [4.69, 9.17) is 4.74 Å². The molecule has 0 spiro atoms. The number of nitrogens with zero attached hydrogens (tertiary/aromatic N) is 3. The highest BCUT2D eigenvalue weighted by molar-refractivity contribution is 5.82. The molecule has 2 atom stereocenters. The van der Waals surface area contributed by atoms with E-state index in [-0.39, 0.29) is 31.0 Å². The lowest BCUT2D eigenvalue weighted by molar-refractivity contribution is -0.137. The van der Waals surface area contributed by atoms with Crippen molar-refractivity contribution in [2.75, 3.05) is 33.3 Å². The highest BCUT2D eigenvalue weighted by atomic mass is 19.4. The number of amides is 2. The first kappa shape index (κ1) is 22.1. The van der Waals surface area contributed by atoms with E-state index in [1.807, 2.05) is 0 Å². The van der Waals surface area contributed by atoms with Gasteiger partial charge in [-0.2, -0.15) is 13.2 Å². The second-order valence-electron chi connectivity index (χ2n) is 7.89. The number of aliphatic hydroxyl groups excluding tert-OH is 1. The van der Waals surface area contributed by atoms with Crippen LogP contribution in [0.5, 0.6) is 0 Å². The zero-order valence-electron chi connectivity index (χ0n) is 17.0. The van der Waals surface area contributed by atoms with Gasteiger partial charge in [0.2, 0.25) is 0 Å². The third-order valence-electron chi connectivity index (χ3n) is 5.42. The quantitative estimate of drug-likeness (QED) is 0.596. The molecule has 3 rings (SSSR count). The number of methoxy groups -OCH3 is 1. The predicted molar refractivity (Wildman–Crippen MR) is 106 cm³/mol. The smallest absolute Gasteiger partial charge is 0.416 e. The van der Waals surface area contributed by atoms with E-state index in [9.17, 15) is 23.1 Å². The summed E-state index contributed by atoms with van der Waals surface area (Å²) in [6, 6.07) is 4.86. The first-order valence-corrected chi connectivity index (χ1v) is 9.75. The lowest BCUT2D eigenvalue weighted by atomic mass is 9.84. The van der Waals surface area contributed by atoms with Crippen LogP contribution in [0.2, 0.25) is 0 Å². The third-order valence-corrected chi connectivity index (χ3v) is 5.42. The van der Waals surface area contributed by atoms with Crippen molar-refractivity contribution in [3.8, 4) is 0 Å². The number of piperidine rings is 1. The van der Waals surface area contributed by atoms with Crippen LogP contribution in [0.4, 0.5) is 18.0 Å². The molecule has 1 N–H and O–H groups in total. The average molecular weight is 425 g/mol. The van der Waals surface area contributed by atoms with Crippen LogP contribution in [0.3, 0.4) is 0 Å². The number of allylic oxidation sites excluding steroid dienone is 1. The van der Waals surface area contributed by atoms with Crippen LogP contribution in [-0.4, -0.2) is 66.2 Å². The molecule has 2 aliphatic rings. The summed E-state index contributed by atoms with van der Waals surface area (Å²) in [7, 11) is 1.50. The van der Waals surface area contributed by atoms with Crippen LogP contribution < -0.4 is 0 Å². The minimum absolute atomic E-state index is 0.174. The first-order valence-electron chi connectivity index (χ1n) is 9.75.